The predicted molar refractivity (Wildman–Crippen MR) is 72.9 cm³/mol. The zero-order valence-electron chi connectivity index (χ0n) is 9.43. The molecule has 1 aromatic carbocycles. The lowest BCUT2D eigenvalue weighted by Crippen LogP contribution is -2.39. The maximum atomic E-state index is 11.8. The van der Waals surface area contributed by atoms with Crippen molar-refractivity contribution < 1.29 is 4.79 Å². The number of nitrogens with one attached hydrogen (secondary N) is 1. The first-order valence-electron chi connectivity index (χ1n) is 5.04. The molecule has 0 heterocycles. The van der Waals surface area contributed by atoms with Gasteiger partial charge in [0.25, 0.3) is 0 Å². The van der Waals surface area contributed by atoms with E-state index < -0.39 is 6.04 Å². The van der Waals surface area contributed by atoms with Gasteiger partial charge in [0, 0.05) is 5.02 Å². The highest BCUT2D eigenvalue weighted by Gasteiger charge is 2.19. The van der Waals surface area contributed by atoms with Crippen LogP contribution in [0, 0.1) is 5.92 Å². The Labute approximate surface area is 115 Å². The SMILES string of the molecule is CC(C)C(N)C(=O)Nc1c(Cl)cc(Cl)cc1Cl. The van der Waals surface area contributed by atoms with Crippen LogP contribution in [-0.4, -0.2) is 11.9 Å². The second-order valence-electron chi connectivity index (χ2n) is 4.00. The summed E-state index contributed by atoms with van der Waals surface area (Å²) in [5.74, 6) is -0.300. The molecule has 0 aromatic heterocycles. The Kier molecular flexibility index (Phi) is 5.07. The molecule has 0 bridgehead atoms. The summed E-state index contributed by atoms with van der Waals surface area (Å²) < 4.78 is 0. The van der Waals surface area contributed by atoms with Crippen molar-refractivity contribution in [3.05, 3.63) is 27.2 Å². The topological polar surface area (TPSA) is 55.1 Å². The van der Waals surface area contributed by atoms with E-state index in [1.807, 2.05) is 13.8 Å². The minimum atomic E-state index is -0.613. The van der Waals surface area contributed by atoms with Gasteiger partial charge in [0.1, 0.15) is 0 Å². The number of carbonyl (C=O) groups is 1. The minimum absolute atomic E-state index is 0.0276. The maximum Gasteiger partial charge on any atom is 0.241 e. The molecule has 94 valence electrons. The van der Waals surface area contributed by atoms with Gasteiger partial charge in [0.15, 0.2) is 0 Å². The lowest BCUT2D eigenvalue weighted by molar-refractivity contribution is -0.118. The summed E-state index contributed by atoms with van der Waals surface area (Å²) in [5, 5.41) is 3.58. The van der Waals surface area contributed by atoms with Crippen molar-refractivity contribution >= 4 is 46.4 Å². The summed E-state index contributed by atoms with van der Waals surface area (Å²) in [4.78, 5) is 11.8. The Morgan fingerprint density at radius 2 is 1.71 bits per heavy atom. The number of hydrogen-bond donors (Lipinski definition) is 2. The van der Waals surface area contributed by atoms with Gasteiger partial charge in [0.2, 0.25) is 5.91 Å². The van der Waals surface area contributed by atoms with E-state index in [1.165, 1.54) is 12.1 Å². The predicted octanol–water partition coefficient (Wildman–Crippen LogP) is 3.57. The molecule has 6 heteroatoms. The van der Waals surface area contributed by atoms with Gasteiger partial charge in [-0.2, -0.15) is 0 Å². The number of carbonyl (C=O) groups excluding carboxylic acids is 1. The van der Waals surface area contributed by atoms with Crippen LogP contribution in [0.25, 0.3) is 0 Å². The standard InChI is InChI=1S/C11H13Cl3N2O/c1-5(2)9(15)11(17)16-10-7(13)3-6(12)4-8(10)14/h3-5,9H,15H2,1-2H3,(H,16,17). The third-order valence-electron chi connectivity index (χ3n) is 2.28. The van der Waals surface area contributed by atoms with Gasteiger partial charge in [-0.05, 0) is 18.1 Å². The smallest absolute Gasteiger partial charge is 0.241 e. The van der Waals surface area contributed by atoms with Gasteiger partial charge < -0.3 is 11.1 Å². The zero-order chi connectivity index (χ0) is 13.2. The van der Waals surface area contributed by atoms with Crippen LogP contribution in [0.2, 0.25) is 15.1 Å². The zero-order valence-corrected chi connectivity index (χ0v) is 11.7. The molecule has 0 aliphatic heterocycles. The Bertz CT molecular complexity index is 412. The van der Waals surface area contributed by atoms with Gasteiger partial charge >= 0.3 is 0 Å². The highest BCUT2D eigenvalue weighted by molar-refractivity contribution is 6.42. The van der Waals surface area contributed by atoms with Crippen molar-refractivity contribution in [1.29, 1.82) is 0 Å². The first-order chi connectivity index (χ1) is 7.82. The molecule has 1 unspecified atom stereocenters. The van der Waals surface area contributed by atoms with Crippen molar-refractivity contribution in [2.24, 2.45) is 11.7 Å². The molecule has 0 fully saturated rings. The molecule has 3 N–H and O–H groups in total. The van der Waals surface area contributed by atoms with Crippen LogP contribution < -0.4 is 11.1 Å². The fourth-order valence-electron chi connectivity index (χ4n) is 1.17. The second-order valence-corrected chi connectivity index (χ2v) is 5.25. The van der Waals surface area contributed by atoms with E-state index in [1.54, 1.807) is 0 Å². The van der Waals surface area contributed by atoms with Gasteiger partial charge in [-0.15, -0.1) is 0 Å². The molecule has 17 heavy (non-hydrogen) atoms. The molecule has 1 rings (SSSR count). The molecule has 0 spiro atoms. The third kappa shape index (κ3) is 3.75. The van der Waals surface area contributed by atoms with E-state index in [4.69, 9.17) is 40.5 Å². The molecule has 0 radical (unpaired) electrons. The van der Waals surface area contributed by atoms with Gasteiger partial charge in [0.05, 0.1) is 21.8 Å². The van der Waals surface area contributed by atoms with Crippen LogP contribution >= 0.6 is 34.8 Å². The van der Waals surface area contributed by atoms with Crippen LogP contribution in [0.15, 0.2) is 12.1 Å². The molecule has 1 amide bonds. The molecular weight excluding hydrogens is 282 g/mol. The molecule has 0 saturated carbocycles. The summed E-state index contributed by atoms with van der Waals surface area (Å²) in [7, 11) is 0. The van der Waals surface area contributed by atoms with E-state index >= 15 is 0 Å². The largest absolute Gasteiger partial charge is 0.322 e. The number of rotatable bonds is 3. The lowest BCUT2D eigenvalue weighted by atomic mass is 10.0. The highest BCUT2D eigenvalue weighted by atomic mass is 35.5. The monoisotopic (exact) mass is 294 g/mol. The van der Waals surface area contributed by atoms with E-state index in [0.29, 0.717) is 10.7 Å². The Hall–Kier alpha value is -0.480. The number of hydrogen-bond acceptors (Lipinski definition) is 2. The first kappa shape index (κ1) is 14.6. The maximum absolute atomic E-state index is 11.8. The van der Waals surface area contributed by atoms with Crippen molar-refractivity contribution in [2.45, 2.75) is 19.9 Å². The second kappa shape index (κ2) is 5.91. The molecule has 0 aliphatic rings. The number of halogens is 3. The fourth-order valence-corrected chi connectivity index (χ4v) is 2.08. The van der Waals surface area contributed by atoms with Crippen LogP contribution in [0.1, 0.15) is 13.8 Å². The van der Waals surface area contributed by atoms with E-state index in [2.05, 4.69) is 5.32 Å². The number of benzene rings is 1. The first-order valence-corrected chi connectivity index (χ1v) is 6.17. The molecular formula is C11H13Cl3N2O. The number of amides is 1. The van der Waals surface area contributed by atoms with E-state index in [9.17, 15) is 4.79 Å². The fraction of sp³-hybridized carbons (Fsp3) is 0.364. The van der Waals surface area contributed by atoms with Gasteiger partial charge in [-0.3, -0.25) is 4.79 Å². The Balaban J connectivity index is 2.93. The normalized spacial score (nSPS) is 12.6. The van der Waals surface area contributed by atoms with Crippen LogP contribution in [0.4, 0.5) is 5.69 Å². The average molecular weight is 296 g/mol. The van der Waals surface area contributed by atoms with Crippen molar-refractivity contribution in [1.82, 2.24) is 0 Å². The minimum Gasteiger partial charge on any atom is -0.322 e. The van der Waals surface area contributed by atoms with Crippen LogP contribution in [0.5, 0.6) is 0 Å². The summed E-state index contributed by atoms with van der Waals surface area (Å²) in [6.45, 7) is 3.71. The molecule has 0 aliphatic carbocycles. The molecule has 1 atom stereocenters. The third-order valence-corrected chi connectivity index (χ3v) is 3.09. The van der Waals surface area contributed by atoms with Gasteiger partial charge in [-0.1, -0.05) is 48.7 Å². The van der Waals surface area contributed by atoms with Crippen molar-refractivity contribution in [3.63, 3.8) is 0 Å². The quantitative estimate of drug-likeness (QED) is 0.895. The summed E-state index contributed by atoms with van der Waals surface area (Å²) in [5.41, 5.74) is 6.05. The van der Waals surface area contributed by atoms with Gasteiger partial charge in [-0.25, -0.2) is 0 Å². The molecule has 3 nitrogen and oxygen atoms in total. The Morgan fingerprint density at radius 1 is 1.24 bits per heavy atom. The summed E-state index contributed by atoms with van der Waals surface area (Å²) in [6, 6.07) is 2.40. The van der Waals surface area contributed by atoms with Crippen LogP contribution in [-0.2, 0) is 4.79 Å². The van der Waals surface area contributed by atoms with Crippen molar-refractivity contribution in [3.8, 4) is 0 Å². The summed E-state index contributed by atoms with van der Waals surface area (Å²) in [6.07, 6.45) is 0. The highest BCUT2D eigenvalue weighted by Crippen LogP contribution is 2.33. The van der Waals surface area contributed by atoms with Crippen LogP contribution in [0.3, 0.4) is 0 Å². The number of anilines is 1. The van der Waals surface area contributed by atoms with Crippen molar-refractivity contribution in [2.75, 3.05) is 5.32 Å². The molecule has 1 aromatic rings. The average Bonchev–Trinajstić information content (AvgIpc) is 2.21. The lowest BCUT2D eigenvalue weighted by Gasteiger charge is -2.16. The molecule has 0 saturated heterocycles. The number of nitrogens with two attached hydrogens (primary N) is 1. The Morgan fingerprint density at radius 3 is 2.12 bits per heavy atom. The summed E-state index contributed by atoms with van der Waals surface area (Å²) >= 11 is 17.6. The van der Waals surface area contributed by atoms with E-state index in [0.717, 1.165) is 0 Å². The van der Waals surface area contributed by atoms with E-state index in [-0.39, 0.29) is 21.9 Å².